The number of aromatic nitrogens is 2. The monoisotopic (exact) mass is 486 g/mol. The first-order chi connectivity index (χ1) is 16.6. The van der Waals surface area contributed by atoms with E-state index in [4.69, 9.17) is 12.2 Å². The van der Waals surface area contributed by atoms with E-state index < -0.39 is 0 Å². The predicted octanol–water partition coefficient (Wildman–Crippen LogP) is 4.71. The zero-order chi connectivity index (χ0) is 23.8. The van der Waals surface area contributed by atoms with Crippen LogP contribution in [0.3, 0.4) is 0 Å². The first kappa shape index (κ1) is 23.4. The fourth-order valence-electron chi connectivity index (χ4n) is 3.20. The first-order valence-corrected chi connectivity index (χ1v) is 12.0. The van der Waals surface area contributed by atoms with Gasteiger partial charge in [-0.15, -0.1) is 11.8 Å². The Labute approximate surface area is 207 Å². The van der Waals surface area contributed by atoms with Gasteiger partial charge in [0.2, 0.25) is 5.95 Å². The van der Waals surface area contributed by atoms with Crippen LogP contribution >= 0.6 is 24.0 Å². The third-order valence-electron chi connectivity index (χ3n) is 4.89. The lowest BCUT2D eigenvalue weighted by Gasteiger charge is -2.16. The van der Waals surface area contributed by atoms with E-state index in [9.17, 15) is 9.59 Å². The number of anilines is 1. The predicted molar refractivity (Wildman–Crippen MR) is 140 cm³/mol. The zero-order valence-electron chi connectivity index (χ0n) is 18.2. The minimum atomic E-state index is -0.343. The van der Waals surface area contributed by atoms with Crippen molar-refractivity contribution in [2.45, 2.75) is 17.3 Å². The Morgan fingerprint density at radius 2 is 1.47 bits per heavy atom. The molecular formula is C26H22N4O2S2. The summed E-state index contributed by atoms with van der Waals surface area (Å²) in [5, 5.41) is 6.23. The number of benzene rings is 3. The van der Waals surface area contributed by atoms with E-state index >= 15 is 0 Å². The SMILES string of the molecule is O=C(NC(=S)Nc1nc(SCc2ccccc2)cc(=O)n1Cc1ccccc1)c1ccccc1. The molecule has 0 aliphatic carbocycles. The molecule has 0 radical (unpaired) electrons. The van der Waals surface area contributed by atoms with Crippen LogP contribution in [-0.2, 0) is 12.3 Å². The number of amides is 1. The summed E-state index contributed by atoms with van der Waals surface area (Å²) in [6, 6.07) is 29.9. The summed E-state index contributed by atoms with van der Waals surface area (Å²) in [6.07, 6.45) is 0. The molecule has 1 amide bonds. The van der Waals surface area contributed by atoms with Gasteiger partial charge in [0.15, 0.2) is 5.11 Å². The maximum absolute atomic E-state index is 13.0. The van der Waals surface area contributed by atoms with Gasteiger partial charge in [-0.3, -0.25) is 19.5 Å². The number of thioether (sulfide) groups is 1. The molecule has 0 unspecified atom stereocenters. The summed E-state index contributed by atoms with van der Waals surface area (Å²) in [7, 11) is 0. The maximum Gasteiger partial charge on any atom is 0.257 e. The minimum Gasteiger partial charge on any atom is -0.302 e. The van der Waals surface area contributed by atoms with Crippen LogP contribution in [0.4, 0.5) is 5.95 Å². The molecule has 1 heterocycles. The van der Waals surface area contributed by atoms with E-state index in [0.29, 0.717) is 22.9 Å². The van der Waals surface area contributed by atoms with Crippen molar-refractivity contribution >= 4 is 40.9 Å². The van der Waals surface area contributed by atoms with Crippen molar-refractivity contribution in [2.75, 3.05) is 5.32 Å². The molecule has 4 rings (SSSR count). The average Bonchev–Trinajstić information content (AvgIpc) is 2.86. The van der Waals surface area contributed by atoms with Crippen LogP contribution in [-0.4, -0.2) is 20.6 Å². The molecule has 0 bridgehead atoms. The number of thiocarbonyl (C=S) groups is 1. The summed E-state index contributed by atoms with van der Waals surface area (Å²) in [5.74, 6) is 0.597. The highest BCUT2D eigenvalue weighted by atomic mass is 32.2. The average molecular weight is 487 g/mol. The molecule has 0 atom stereocenters. The topological polar surface area (TPSA) is 76.0 Å². The standard InChI is InChI=1S/C26H22N4O2S2/c31-23-16-22(34-18-20-12-6-2-7-13-20)27-25(30(23)17-19-10-4-1-5-11-19)29-26(33)28-24(32)21-14-8-3-9-15-21/h1-16H,17-18H2,(H2,27,28,29,32,33). The van der Waals surface area contributed by atoms with Crippen molar-refractivity contribution in [3.8, 4) is 0 Å². The van der Waals surface area contributed by atoms with Gasteiger partial charge >= 0.3 is 0 Å². The number of rotatable bonds is 7. The fourth-order valence-corrected chi connectivity index (χ4v) is 4.23. The first-order valence-electron chi connectivity index (χ1n) is 10.6. The molecule has 170 valence electrons. The third kappa shape index (κ3) is 6.40. The molecule has 6 nitrogen and oxygen atoms in total. The molecule has 3 aromatic carbocycles. The molecule has 8 heteroatoms. The summed E-state index contributed by atoms with van der Waals surface area (Å²) >= 11 is 6.82. The van der Waals surface area contributed by atoms with E-state index in [1.165, 1.54) is 22.4 Å². The summed E-state index contributed by atoms with van der Waals surface area (Å²) in [6.45, 7) is 0.313. The molecule has 0 spiro atoms. The van der Waals surface area contributed by atoms with Gasteiger partial charge in [0.25, 0.3) is 11.5 Å². The molecule has 4 aromatic rings. The highest BCUT2D eigenvalue weighted by Gasteiger charge is 2.14. The van der Waals surface area contributed by atoms with Crippen molar-refractivity contribution in [1.82, 2.24) is 14.9 Å². The number of nitrogens with one attached hydrogen (secondary N) is 2. The number of carbonyl (C=O) groups excluding carboxylic acids is 1. The van der Waals surface area contributed by atoms with Gasteiger partial charge in [0.1, 0.15) is 5.03 Å². The second-order valence-electron chi connectivity index (χ2n) is 7.38. The van der Waals surface area contributed by atoms with Crippen LogP contribution in [0.25, 0.3) is 0 Å². The zero-order valence-corrected chi connectivity index (χ0v) is 19.8. The third-order valence-corrected chi connectivity index (χ3v) is 6.07. The van der Waals surface area contributed by atoms with Crippen LogP contribution in [0.1, 0.15) is 21.5 Å². The van der Waals surface area contributed by atoms with Gasteiger partial charge in [-0.1, -0.05) is 78.9 Å². The lowest BCUT2D eigenvalue weighted by atomic mass is 10.2. The van der Waals surface area contributed by atoms with Gasteiger partial charge < -0.3 is 5.32 Å². The highest BCUT2D eigenvalue weighted by molar-refractivity contribution is 7.98. The van der Waals surface area contributed by atoms with E-state index in [0.717, 1.165) is 11.1 Å². The normalized spacial score (nSPS) is 10.5. The van der Waals surface area contributed by atoms with Gasteiger partial charge in [-0.2, -0.15) is 0 Å². The second-order valence-corrected chi connectivity index (χ2v) is 8.78. The molecule has 0 fully saturated rings. The van der Waals surface area contributed by atoms with Gasteiger partial charge in [-0.05, 0) is 35.5 Å². The fraction of sp³-hybridized carbons (Fsp3) is 0.0769. The molecule has 0 saturated heterocycles. The van der Waals surface area contributed by atoms with Gasteiger partial charge in [0.05, 0.1) is 6.54 Å². The Morgan fingerprint density at radius 3 is 2.12 bits per heavy atom. The van der Waals surface area contributed by atoms with E-state index in [-0.39, 0.29) is 22.5 Å². The Balaban J connectivity index is 1.57. The molecule has 0 aliphatic rings. The van der Waals surface area contributed by atoms with Gasteiger partial charge in [0, 0.05) is 17.4 Å². The number of hydrogen-bond acceptors (Lipinski definition) is 5. The molecular weight excluding hydrogens is 464 g/mol. The largest absolute Gasteiger partial charge is 0.302 e. The van der Waals surface area contributed by atoms with Crippen molar-refractivity contribution in [1.29, 1.82) is 0 Å². The quantitative estimate of drug-likeness (QED) is 0.224. The van der Waals surface area contributed by atoms with Crippen LogP contribution in [0.5, 0.6) is 0 Å². The molecule has 1 aromatic heterocycles. The van der Waals surface area contributed by atoms with Crippen molar-refractivity contribution in [2.24, 2.45) is 0 Å². The Kier molecular flexibility index (Phi) is 7.85. The lowest BCUT2D eigenvalue weighted by molar-refractivity contribution is 0.0977. The smallest absolute Gasteiger partial charge is 0.257 e. The highest BCUT2D eigenvalue weighted by Crippen LogP contribution is 2.21. The second kappa shape index (κ2) is 11.4. The van der Waals surface area contributed by atoms with Crippen LogP contribution in [0, 0.1) is 0 Å². The molecule has 2 N–H and O–H groups in total. The number of carbonyl (C=O) groups is 1. The minimum absolute atomic E-state index is 0.0628. The molecule has 0 aliphatic heterocycles. The van der Waals surface area contributed by atoms with Crippen LogP contribution < -0.4 is 16.2 Å². The maximum atomic E-state index is 13.0. The Morgan fingerprint density at radius 1 is 0.882 bits per heavy atom. The van der Waals surface area contributed by atoms with E-state index in [1.54, 1.807) is 24.3 Å². The van der Waals surface area contributed by atoms with Crippen molar-refractivity contribution in [3.63, 3.8) is 0 Å². The van der Waals surface area contributed by atoms with Gasteiger partial charge in [-0.25, -0.2) is 4.98 Å². The van der Waals surface area contributed by atoms with Crippen molar-refractivity contribution in [3.05, 3.63) is 124 Å². The summed E-state index contributed by atoms with van der Waals surface area (Å²) in [5.41, 5.74) is 2.34. The Bertz CT molecular complexity index is 1330. The Hall–Kier alpha value is -3.75. The van der Waals surface area contributed by atoms with Crippen LogP contribution in [0.2, 0.25) is 0 Å². The van der Waals surface area contributed by atoms with Crippen LogP contribution in [0.15, 0.2) is 107 Å². The van der Waals surface area contributed by atoms with Crippen molar-refractivity contribution < 1.29 is 4.79 Å². The molecule has 34 heavy (non-hydrogen) atoms. The van der Waals surface area contributed by atoms with E-state index in [1.807, 2.05) is 66.7 Å². The number of hydrogen-bond donors (Lipinski definition) is 2. The summed E-state index contributed by atoms with van der Waals surface area (Å²) in [4.78, 5) is 30.2. The molecule has 0 saturated carbocycles. The van der Waals surface area contributed by atoms with E-state index in [2.05, 4.69) is 15.6 Å². The lowest BCUT2D eigenvalue weighted by Crippen LogP contribution is -2.36. The summed E-state index contributed by atoms with van der Waals surface area (Å²) < 4.78 is 1.50. The number of nitrogens with zero attached hydrogens (tertiary/aromatic N) is 2.